The number of benzene rings is 1. The number of hydrogen-bond acceptors (Lipinski definition) is 2. The number of carbonyl (C=O) groups is 1. The molecule has 0 aliphatic carbocycles. The maximum absolute atomic E-state index is 10.3. The summed E-state index contributed by atoms with van der Waals surface area (Å²) >= 11 is 0. The lowest BCUT2D eigenvalue weighted by Crippen LogP contribution is -1.92. The fourth-order valence-electron chi connectivity index (χ4n) is 1.01. The first kappa shape index (κ1) is 9.32. The Hall–Kier alpha value is -1.77. The molecule has 0 aliphatic rings. The van der Waals surface area contributed by atoms with Crippen LogP contribution >= 0.6 is 0 Å². The predicted molar refractivity (Wildman–Crippen MR) is 52.3 cm³/mol. The number of nitrogens with two attached hydrogens (primary N) is 1. The third-order valence-electron chi connectivity index (χ3n) is 1.82. The maximum atomic E-state index is 10.3. The van der Waals surface area contributed by atoms with Crippen molar-refractivity contribution in [3.63, 3.8) is 0 Å². The van der Waals surface area contributed by atoms with Gasteiger partial charge in [0, 0.05) is 11.8 Å². The van der Waals surface area contributed by atoms with Crippen molar-refractivity contribution in [3.05, 3.63) is 35.4 Å². The Morgan fingerprint density at radius 2 is 2.23 bits per heavy atom. The van der Waals surface area contributed by atoms with E-state index < -0.39 is 5.97 Å². The highest BCUT2D eigenvalue weighted by Crippen LogP contribution is 2.16. The van der Waals surface area contributed by atoms with Gasteiger partial charge in [-0.2, -0.15) is 0 Å². The highest BCUT2D eigenvalue weighted by atomic mass is 16.4. The zero-order valence-electron chi connectivity index (χ0n) is 7.32. The molecule has 0 saturated carbocycles. The van der Waals surface area contributed by atoms with Gasteiger partial charge in [0.2, 0.25) is 0 Å². The molecule has 0 aromatic heterocycles. The van der Waals surface area contributed by atoms with E-state index in [0.29, 0.717) is 5.69 Å². The minimum atomic E-state index is -0.957. The molecule has 3 N–H and O–H groups in total. The van der Waals surface area contributed by atoms with E-state index in [1.54, 1.807) is 12.1 Å². The summed E-state index contributed by atoms with van der Waals surface area (Å²) in [4.78, 5) is 10.3. The van der Waals surface area contributed by atoms with E-state index in [0.717, 1.165) is 17.2 Å². The maximum Gasteiger partial charge on any atom is 0.328 e. The van der Waals surface area contributed by atoms with E-state index in [9.17, 15) is 4.79 Å². The summed E-state index contributed by atoms with van der Waals surface area (Å²) in [5, 5.41) is 8.42. The highest BCUT2D eigenvalue weighted by Gasteiger charge is 1.97. The minimum Gasteiger partial charge on any atom is -0.478 e. The summed E-state index contributed by atoms with van der Waals surface area (Å²) in [5.41, 5.74) is 8.06. The van der Waals surface area contributed by atoms with Crippen LogP contribution in [0.25, 0.3) is 6.08 Å². The van der Waals surface area contributed by atoms with Crippen LogP contribution < -0.4 is 5.73 Å². The summed E-state index contributed by atoms with van der Waals surface area (Å²) < 4.78 is 0. The van der Waals surface area contributed by atoms with Crippen LogP contribution in [-0.2, 0) is 4.79 Å². The first-order valence-electron chi connectivity index (χ1n) is 3.87. The molecule has 1 aromatic carbocycles. The van der Waals surface area contributed by atoms with Gasteiger partial charge in [0.1, 0.15) is 0 Å². The third kappa shape index (κ3) is 2.33. The SMILES string of the molecule is Cc1c(N)cccc1/C=C/C(=O)O. The van der Waals surface area contributed by atoms with Gasteiger partial charge in [0.15, 0.2) is 0 Å². The quantitative estimate of drug-likeness (QED) is 0.533. The first-order chi connectivity index (χ1) is 6.11. The average molecular weight is 177 g/mol. The number of rotatable bonds is 2. The van der Waals surface area contributed by atoms with Crippen molar-refractivity contribution in [1.82, 2.24) is 0 Å². The Bertz CT molecular complexity index is 356. The van der Waals surface area contributed by atoms with E-state index >= 15 is 0 Å². The zero-order chi connectivity index (χ0) is 9.84. The Labute approximate surface area is 76.5 Å². The summed E-state index contributed by atoms with van der Waals surface area (Å²) in [5.74, 6) is -0.957. The third-order valence-corrected chi connectivity index (χ3v) is 1.82. The number of anilines is 1. The smallest absolute Gasteiger partial charge is 0.328 e. The summed E-state index contributed by atoms with van der Waals surface area (Å²) in [6, 6.07) is 5.41. The topological polar surface area (TPSA) is 63.3 Å². The van der Waals surface area contributed by atoms with Crippen LogP contribution in [0.4, 0.5) is 5.69 Å². The molecule has 1 rings (SSSR count). The molecule has 0 aliphatic heterocycles. The van der Waals surface area contributed by atoms with Crippen molar-refractivity contribution in [2.24, 2.45) is 0 Å². The van der Waals surface area contributed by atoms with Crippen molar-refractivity contribution in [2.75, 3.05) is 5.73 Å². The molecular weight excluding hydrogens is 166 g/mol. The molecule has 68 valence electrons. The second-order valence-corrected chi connectivity index (χ2v) is 2.73. The van der Waals surface area contributed by atoms with Crippen molar-refractivity contribution < 1.29 is 9.90 Å². The van der Waals surface area contributed by atoms with Crippen LogP contribution in [0, 0.1) is 6.92 Å². The second kappa shape index (κ2) is 3.76. The van der Waals surface area contributed by atoms with Gasteiger partial charge in [-0.1, -0.05) is 12.1 Å². The largest absolute Gasteiger partial charge is 0.478 e. The van der Waals surface area contributed by atoms with Crippen LogP contribution in [0.15, 0.2) is 24.3 Å². The molecule has 3 heteroatoms. The fourth-order valence-corrected chi connectivity index (χ4v) is 1.01. The van der Waals surface area contributed by atoms with E-state index in [4.69, 9.17) is 10.8 Å². The summed E-state index contributed by atoms with van der Waals surface area (Å²) in [6.07, 6.45) is 2.63. The molecule has 0 radical (unpaired) electrons. The van der Waals surface area contributed by atoms with E-state index in [2.05, 4.69) is 0 Å². The standard InChI is InChI=1S/C10H11NO2/c1-7-8(5-6-10(12)13)3-2-4-9(7)11/h2-6H,11H2,1H3,(H,12,13)/b6-5+. The number of carboxylic acids is 1. The number of nitrogen functional groups attached to an aromatic ring is 1. The molecule has 3 nitrogen and oxygen atoms in total. The molecule has 0 heterocycles. The molecular formula is C10H11NO2. The molecule has 0 spiro atoms. The van der Waals surface area contributed by atoms with Crippen LogP contribution in [0.3, 0.4) is 0 Å². The fraction of sp³-hybridized carbons (Fsp3) is 0.100. The number of aliphatic carboxylic acids is 1. The van der Waals surface area contributed by atoms with Crippen molar-refractivity contribution in [2.45, 2.75) is 6.92 Å². The van der Waals surface area contributed by atoms with Crippen LogP contribution in [0.2, 0.25) is 0 Å². The lowest BCUT2D eigenvalue weighted by molar-refractivity contribution is -0.131. The van der Waals surface area contributed by atoms with Gasteiger partial charge < -0.3 is 10.8 Å². The Morgan fingerprint density at radius 1 is 1.54 bits per heavy atom. The second-order valence-electron chi connectivity index (χ2n) is 2.73. The van der Waals surface area contributed by atoms with E-state index in [-0.39, 0.29) is 0 Å². The van der Waals surface area contributed by atoms with Crippen molar-refractivity contribution >= 4 is 17.7 Å². The highest BCUT2D eigenvalue weighted by molar-refractivity contribution is 5.85. The van der Waals surface area contributed by atoms with Crippen molar-refractivity contribution in [3.8, 4) is 0 Å². The molecule has 0 amide bonds. The van der Waals surface area contributed by atoms with Gasteiger partial charge in [-0.15, -0.1) is 0 Å². The molecule has 0 atom stereocenters. The molecule has 1 aromatic rings. The molecule has 0 unspecified atom stereocenters. The van der Waals surface area contributed by atoms with Crippen molar-refractivity contribution in [1.29, 1.82) is 0 Å². The van der Waals surface area contributed by atoms with Crippen LogP contribution in [0.5, 0.6) is 0 Å². The first-order valence-corrected chi connectivity index (χ1v) is 3.87. The predicted octanol–water partition coefficient (Wildman–Crippen LogP) is 1.68. The van der Waals surface area contributed by atoms with Crippen LogP contribution in [-0.4, -0.2) is 11.1 Å². The van der Waals surface area contributed by atoms with E-state index in [1.807, 2.05) is 13.0 Å². The van der Waals surface area contributed by atoms with Gasteiger partial charge in [0.25, 0.3) is 0 Å². The summed E-state index contributed by atoms with van der Waals surface area (Å²) in [6.45, 7) is 1.86. The van der Waals surface area contributed by atoms with Crippen LogP contribution in [0.1, 0.15) is 11.1 Å². The molecule has 0 fully saturated rings. The van der Waals surface area contributed by atoms with Gasteiger partial charge in [0.05, 0.1) is 0 Å². The normalized spacial score (nSPS) is 10.5. The minimum absolute atomic E-state index is 0.674. The number of carboxylic acid groups (broad SMARTS) is 1. The summed E-state index contributed by atoms with van der Waals surface area (Å²) in [7, 11) is 0. The molecule has 13 heavy (non-hydrogen) atoms. The average Bonchev–Trinajstić information content (AvgIpc) is 2.07. The zero-order valence-corrected chi connectivity index (χ0v) is 7.32. The van der Waals surface area contributed by atoms with Gasteiger partial charge >= 0.3 is 5.97 Å². The lowest BCUT2D eigenvalue weighted by atomic mass is 10.1. The van der Waals surface area contributed by atoms with Gasteiger partial charge in [-0.05, 0) is 30.2 Å². The lowest BCUT2D eigenvalue weighted by Gasteiger charge is -2.02. The Kier molecular flexibility index (Phi) is 2.69. The van der Waals surface area contributed by atoms with E-state index in [1.165, 1.54) is 6.08 Å². The number of hydrogen-bond donors (Lipinski definition) is 2. The van der Waals surface area contributed by atoms with Gasteiger partial charge in [-0.25, -0.2) is 4.79 Å². The molecule has 0 saturated heterocycles. The van der Waals surface area contributed by atoms with Gasteiger partial charge in [-0.3, -0.25) is 0 Å². The Morgan fingerprint density at radius 3 is 2.85 bits per heavy atom. The molecule has 0 bridgehead atoms. The monoisotopic (exact) mass is 177 g/mol. The Balaban J connectivity index is 3.02.